The van der Waals surface area contributed by atoms with Crippen molar-refractivity contribution in [2.75, 3.05) is 5.88 Å². The van der Waals surface area contributed by atoms with Crippen molar-refractivity contribution in [3.05, 3.63) is 52.0 Å². The molecule has 0 atom stereocenters. The molecule has 0 aliphatic heterocycles. The molecule has 1 aromatic carbocycles. The van der Waals surface area contributed by atoms with Gasteiger partial charge in [0.2, 0.25) is 0 Å². The van der Waals surface area contributed by atoms with Crippen LogP contribution in [0.4, 0.5) is 0 Å². The second kappa shape index (κ2) is 5.35. The molecule has 0 amide bonds. The molecule has 98 valence electrons. The molecular weight excluding hydrogens is 276 g/mol. The van der Waals surface area contributed by atoms with E-state index in [1.165, 1.54) is 16.0 Å². The summed E-state index contributed by atoms with van der Waals surface area (Å²) < 4.78 is 2.29. The Morgan fingerprint density at radius 3 is 2.95 bits per heavy atom. The van der Waals surface area contributed by atoms with E-state index in [-0.39, 0.29) is 0 Å². The number of aryl methyl sites for hydroxylation is 2. The van der Waals surface area contributed by atoms with E-state index in [9.17, 15) is 0 Å². The Kier molecular flexibility index (Phi) is 3.58. The average molecular weight is 291 g/mol. The lowest BCUT2D eigenvalue weighted by Gasteiger charge is -2.07. The van der Waals surface area contributed by atoms with Gasteiger partial charge in [-0.15, -0.1) is 22.9 Å². The lowest BCUT2D eigenvalue weighted by Crippen LogP contribution is -2.05. The van der Waals surface area contributed by atoms with Gasteiger partial charge >= 0.3 is 0 Å². The zero-order chi connectivity index (χ0) is 13.2. The molecule has 2 aromatic heterocycles. The van der Waals surface area contributed by atoms with Gasteiger partial charge in [0.25, 0.3) is 0 Å². The Bertz CT molecular complexity index is 686. The first-order chi connectivity index (χ1) is 9.28. The van der Waals surface area contributed by atoms with Crippen LogP contribution in [0.1, 0.15) is 16.3 Å². The van der Waals surface area contributed by atoms with Gasteiger partial charge in [-0.2, -0.15) is 0 Å². The number of hydrogen-bond acceptors (Lipinski definition) is 2. The van der Waals surface area contributed by atoms with Crippen LogP contribution < -0.4 is 0 Å². The van der Waals surface area contributed by atoms with Gasteiger partial charge in [0, 0.05) is 17.2 Å². The first-order valence-electron chi connectivity index (χ1n) is 6.32. The number of benzene rings is 1. The molecule has 0 aliphatic rings. The molecule has 0 aliphatic carbocycles. The Morgan fingerprint density at radius 1 is 1.32 bits per heavy atom. The van der Waals surface area contributed by atoms with E-state index in [2.05, 4.69) is 47.2 Å². The molecule has 3 aromatic rings. The zero-order valence-corrected chi connectivity index (χ0v) is 12.3. The summed E-state index contributed by atoms with van der Waals surface area (Å²) in [7, 11) is 0. The van der Waals surface area contributed by atoms with Crippen LogP contribution in [-0.4, -0.2) is 15.4 Å². The van der Waals surface area contributed by atoms with Crippen molar-refractivity contribution < 1.29 is 0 Å². The van der Waals surface area contributed by atoms with E-state index in [0.29, 0.717) is 5.88 Å². The van der Waals surface area contributed by atoms with E-state index >= 15 is 0 Å². The summed E-state index contributed by atoms with van der Waals surface area (Å²) in [6.45, 7) is 2.99. The van der Waals surface area contributed by atoms with Gasteiger partial charge in [0.15, 0.2) is 0 Å². The predicted octanol–water partition coefficient (Wildman–Crippen LogP) is 4.24. The molecule has 4 heteroatoms. The normalized spacial score (nSPS) is 11.3. The van der Waals surface area contributed by atoms with Crippen molar-refractivity contribution in [1.29, 1.82) is 0 Å². The minimum Gasteiger partial charge on any atom is -0.323 e. The highest BCUT2D eigenvalue weighted by Crippen LogP contribution is 2.21. The number of alkyl halides is 1. The van der Waals surface area contributed by atoms with Crippen molar-refractivity contribution in [3.8, 4) is 0 Å². The van der Waals surface area contributed by atoms with Crippen LogP contribution in [0.5, 0.6) is 0 Å². The Hall–Kier alpha value is -1.32. The van der Waals surface area contributed by atoms with Gasteiger partial charge in [-0.25, -0.2) is 4.98 Å². The van der Waals surface area contributed by atoms with Gasteiger partial charge in [0.1, 0.15) is 5.82 Å². The Labute approximate surface area is 121 Å². The fourth-order valence-corrected chi connectivity index (χ4v) is 3.15. The number of fused-ring (bicyclic) bond motifs is 1. The number of nitrogens with zero attached hydrogens (tertiary/aromatic N) is 2. The third kappa shape index (κ3) is 2.53. The summed E-state index contributed by atoms with van der Waals surface area (Å²) in [5.41, 5.74) is 3.52. The molecule has 0 bridgehead atoms. The molecule has 0 saturated heterocycles. The minimum absolute atomic E-state index is 0.604. The number of imidazole rings is 1. The van der Waals surface area contributed by atoms with Crippen molar-refractivity contribution in [2.24, 2.45) is 0 Å². The maximum atomic E-state index is 5.90. The second-order valence-corrected chi connectivity index (χ2v) is 6.03. The molecule has 2 nitrogen and oxygen atoms in total. The summed E-state index contributed by atoms with van der Waals surface area (Å²) in [4.78, 5) is 6.05. The van der Waals surface area contributed by atoms with Crippen molar-refractivity contribution in [2.45, 2.75) is 19.9 Å². The first-order valence-corrected chi connectivity index (χ1v) is 7.73. The molecule has 19 heavy (non-hydrogen) atoms. The van der Waals surface area contributed by atoms with Gasteiger partial charge in [-0.05, 0) is 36.1 Å². The summed E-state index contributed by atoms with van der Waals surface area (Å²) in [6.07, 6.45) is 0.806. The van der Waals surface area contributed by atoms with E-state index < -0.39 is 0 Å². The third-order valence-corrected chi connectivity index (χ3v) is 4.25. The van der Waals surface area contributed by atoms with E-state index in [4.69, 9.17) is 16.6 Å². The first kappa shape index (κ1) is 12.7. The SMILES string of the molecule is Cc1ccc2nc(CCCl)n(Cc3cccs3)c2c1. The maximum Gasteiger partial charge on any atom is 0.111 e. The zero-order valence-electron chi connectivity index (χ0n) is 10.8. The van der Waals surface area contributed by atoms with Crippen LogP contribution >= 0.6 is 22.9 Å². The van der Waals surface area contributed by atoms with Gasteiger partial charge in [-0.3, -0.25) is 0 Å². The molecule has 0 fully saturated rings. The number of aromatic nitrogens is 2. The summed E-state index contributed by atoms with van der Waals surface area (Å²) >= 11 is 7.68. The average Bonchev–Trinajstić information content (AvgIpc) is 3.00. The molecule has 0 saturated carbocycles. The van der Waals surface area contributed by atoms with Gasteiger partial charge in [0.05, 0.1) is 17.6 Å². The predicted molar refractivity (Wildman–Crippen MR) is 82.3 cm³/mol. The molecule has 0 spiro atoms. The Balaban J connectivity index is 2.12. The molecule has 3 rings (SSSR count). The summed E-state index contributed by atoms with van der Waals surface area (Å²) in [6, 6.07) is 10.7. The second-order valence-electron chi connectivity index (χ2n) is 4.62. The third-order valence-electron chi connectivity index (χ3n) is 3.19. The molecular formula is C15H15ClN2S. The molecule has 0 radical (unpaired) electrons. The standard InChI is InChI=1S/C15H15ClN2S/c1-11-4-5-13-14(9-11)18(15(17-13)6-7-16)10-12-3-2-8-19-12/h2-5,8-9H,6-7,10H2,1H3. The monoisotopic (exact) mass is 290 g/mol. The van der Waals surface area contributed by atoms with Crippen molar-refractivity contribution in [3.63, 3.8) is 0 Å². The van der Waals surface area contributed by atoms with Crippen LogP contribution in [0.15, 0.2) is 35.7 Å². The maximum absolute atomic E-state index is 5.90. The number of rotatable bonds is 4. The molecule has 0 N–H and O–H groups in total. The van der Waals surface area contributed by atoms with E-state index in [1.54, 1.807) is 11.3 Å². The highest BCUT2D eigenvalue weighted by molar-refractivity contribution is 7.09. The largest absolute Gasteiger partial charge is 0.323 e. The lowest BCUT2D eigenvalue weighted by atomic mass is 10.2. The van der Waals surface area contributed by atoms with Crippen LogP contribution in [0, 0.1) is 6.92 Å². The van der Waals surface area contributed by atoms with E-state index in [0.717, 1.165) is 24.3 Å². The van der Waals surface area contributed by atoms with Crippen molar-refractivity contribution in [1.82, 2.24) is 9.55 Å². The number of thiophene rings is 1. The Morgan fingerprint density at radius 2 is 2.21 bits per heavy atom. The molecule has 2 heterocycles. The summed E-state index contributed by atoms with van der Waals surface area (Å²) in [5.74, 6) is 1.68. The van der Waals surface area contributed by atoms with Crippen LogP contribution in [-0.2, 0) is 13.0 Å². The minimum atomic E-state index is 0.604. The lowest BCUT2D eigenvalue weighted by molar-refractivity contribution is 0.763. The summed E-state index contributed by atoms with van der Waals surface area (Å²) in [5, 5.41) is 2.11. The highest BCUT2D eigenvalue weighted by atomic mass is 35.5. The van der Waals surface area contributed by atoms with Gasteiger partial charge in [-0.1, -0.05) is 12.1 Å². The van der Waals surface area contributed by atoms with Gasteiger partial charge < -0.3 is 4.57 Å². The number of hydrogen-bond donors (Lipinski definition) is 0. The van der Waals surface area contributed by atoms with Crippen LogP contribution in [0.2, 0.25) is 0 Å². The highest BCUT2D eigenvalue weighted by Gasteiger charge is 2.11. The fourth-order valence-electron chi connectivity index (χ4n) is 2.29. The van der Waals surface area contributed by atoms with Crippen LogP contribution in [0.25, 0.3) is 11.0 Å². The quantitative estimate of drug-likeness (QED) is 0.657. The van der Waals surface area contributed by atoms with Crippen LogP contribution in [0.3, 0.4) is 0 Å². The number of halogens is 1. The van der Waals surface area contributed by atoms with E-state index in [1.807, 2.05) is 0 Å². The topological polar surface area (TPSA) is 17.8 Å². The van der Waals surface area contributed by atoms with Crippen molar-refractivity contribution >= 4 is 34.0 Å². The fraction of sp³-hybridized carbons (Fsp3) is 0.267. The smallest absolute Gasteiger partial charge is 0.111 e. The molecule has 0 unspecified atom stereocenters.